The smallest absolute Gasteiger partial charge is 0.164 e. The van der Waals surface area contributed by atoms with Gasteiger partial charge in [0.15, 0.2) is 3.77 Å². The third-order valence-corrected chi connectivity index (χ3v) is 3.08. The third kappa shape index (κ3) is 4.37. The first-order valence-electron chi connectivity index (χ1n) is 4.19. The number of halogens is 1. The Morgan fingerprint density at radius 3 is 2.92 bits per heavy atom. The van der Waals surface area contributed by atoms with Crippen molar-refractivity contribution in [3.63, 3.8) is 0 Å². The van der Waals surface area contributed by atoms with Crippen LogP contribution >= 0.6 is 34.4 Å². The Balaban J connectivity index is 2.26. The van der Waals surface area contributed by atoms with Crippen molar-refractivity contribution in [1.82, 2.24) is 5.32 Å². The van der Waals surface area contributed by atoms with E-state index in [0.717, 1.165) is 21.8 Å². The monoisotopic (exact) mass is 311 g/mol. The third-order valence-electron chi connectivity index (χ3n) is 1.67. The lowest BCUT2D eigenvalue weighted by atomic mass is 10.3. The van der Waals surface area contributed by atoms with E-state index in [1.54, 1.807) is 0 Å². The molecule has 1 N–H and O–H groups in total. The van der Waals surface area contributed by atoms with Crippen LogP contribution < -0.4 is 5.32 Å². The minimum absolute atomic E-state index is 0.540. The average Bonchev–Trinajstić information content (AvgIpc) is 2.49. The van der Waals surface area contributed by atoms with Crippen LogP contribution in [0.15, 0.2) is 16.5 Å². The minimum atomic E-state index is 0.540. The summed E-state index contributed by atoms with van der Waals surface area (Å²) in [5.41, 5.74) is 0. The molecule has 4 heteroatoms. The van der Waals surface area contributed by atoms with Crippen molar-refractivity contribution in [1.29, 1.82) is 0 Å². The molecule has 0 fully saturated rings. The number of hydrogen-bond acceptors (Lipinski definition) is 3. The normalized spacial score (nSPS) is 13.2. The predicted octanol–water partition coefficient (Wildman–Crippen LogP) is 2.73. The fraction of sp³-hybridized carbons (Fsp3) is 0.556. The Kier molecular flexibility index (Phi) is 5.20. The van der Waals surface area contributed by atoms with Gasteiger partial charge in [-0.2, -0.15) is 11.8 Å². The van der Waals surface area contributed by atoms with Crippen molar-refractivity contribution < 1.29 is 4.42 Å². The highest BCUT2D eigenvalue weighted by Gasteiger charge is 2.02. The van der Waals surface area contributed by atoms with E-state index in [1.165, 1.54) is 0 Å². The molecular weight excluding hydrogens is 297 g/mol. The molecule has 0 spiro atoms. The highest BCUT2D eigenvalue weighted by molar-refractivity contribution is 14.1. The Morgan fingerprint density at radius 2 is 2.38 bits per heavy atom. The van der Waals surface area contributed by atoms with Gasteiger partial charge in [0.25, 0.3) is 0 Å². The summed E-state index contributed by atoms with van der Waals surface area (Å²) >= 11 is 4.03. The van der Waals surface area contributed by atoms with Crippen molar-refractivity contribution in [2.45, 2.75) is 19.5 Å². The van der Waals surface area contributed by atoms with Crippen LogP contribution in [0.3, 0.4) is 0 Å². The first-order chi connectivity index (χ1) is 6.22. The molecule has 1 heterocycles. The molecule has 0 radical (unpaired) electrons. The molecule has 0 aliphatic carbocycles. The molecule has 1 rings (SSSR count). The van der Waals surface area contributed by atoms with Crippen molar-refractivity contribution in [3.05, 3.63) is 21.7 Å². The summed E-state index contributed by atoms with van der Waals surface area (Å²) in [5.74, 6) is 2.15. The standard InChI is InChI=1S/C9H14INOS/c1-7(6-13-2)11-5-8-3-4-9(10)12-8/h3-4,7,11H,5-6H2,1-2H3. The Bertz CT molecular complexity index is 252. The number of thioether (sulfide) groups is 1. The second-order valence-corrected chi connectivity index (χ2v) is 4.92. The lowest BCUT2D eigenvalue weighted by Crippen LogP contribution is -2.27. The summed E-state index contributed by atoms with van der Waals surface area (Å²) < 4.78 is 6.38. The number of nitrogens with one attached hydrogen (secondary N) is 1. The van der Waals surface area contributed by atoms with Gasteiger partial charge in [0.1, 0.15) is 5.76 Å². The summed E-state index contributed by atoms with van der Waals surface area (Å²) in [6, 6.07) is 4.54. The van der Waals surface area contributed by atoms with Gasteiger partial charge >= 0.3 is 0 Å². The fourth-order valence-electron chi connectivity index (χ4n) is 1.03. The number of furan rings is 1. The summed E-state index contributed by atoms with van der Waals surface area (Å²) in [6.45, 7) is 3.01. The number of rotatable bonds is 5. The zero-order chi connectivity index (χ0) is 9.68. The van der Waals surface area contributed by atoms with Crippen LogP contribution in [0.1, 0.15) is 12.7 Å². The maximum Gasteiger partial charge on any atom is 0.164 e. The minimum Gasteiger partial charge on any atom is -0.454 e. The summed E-state index contributed by atoms with van der Waals surface area (Å²) in [4.78, 5) is 0. The highest BCUT2D eigenvalue weighted by atomic mass is 127. The molecule has 1 atom stereocenters. The van der Waals surface area contributed by atoms with Crippen molar-refractivity contribution in [2.75, 3.05) is 12.0 Å². The van der Waals surface area contributed by atoms with Crippen LogP contribution in [0.2, 0.25) is 0 Å². The van der Waals surface area contributed by atoms with E-state index in [1.807, 2.05) is 23.9 Å². The van der Waals surface area contributed by atoms with Gasteiger partial charge in [0.2, 0.25) is 0 Å². The molecule has 2 nitrogen and oxygen atoms in total. The van der Waals surface area contributed by atoms with E-state index >= 15 is 0 Å². The van der Waals surface area contributed by atoms with Gasteiger partial charge in [-0.05, 0) is 47.9 Å². The van der Waals surface area contributed by atoms with Crippen LogP contribution in [0.5, 0.6) is 0 Å². The molecular formula is C9H14INOS. The van der Waals surface area contributed by atoms with Gasteiger partial charge in [-0.1, -0.05) is 0 Å². The Morgan fingerprint density at radius 1 is 1.62 bits per heavy atom. The molecule has 0 saturated carbocycles. The highest BCUT2D eigenvalue weighted by Crippen LogP contribution is 2.10. The van der Waals surface area contributed by atoms with Gasteiger partial charge in [0, 0.05) is 11.8 Å². The summed E-state index contributed by atoms with van der Waals surface area (Å²) in [7, 11) is 0. The van der Waals surface area contributed by atoms with E-state index in [-0.39, 0.29) is 0 Å². The van der Waals surface area contributed by atoms with E-state index in [9.17, 15) is 0 Å². The molecule has 0 bridgehead atoms. The Labute approximate surface area is 97.0 Å². The van der Waals surface area contributed by atoms with Crippen LogP contribution in [-0.4, -0.2) is 18.1 Å². The van der Waals surface area contributed by atoms with Crippen LogP contribution in [0.4, 0.5) is 0 Å². The van der Waals surface area contributed by atoms with Gasteiger partial charge in [0.05, 0.1) is 6.54 Å². The average molecular weight is 311 g/mol. The second-order valence-electron chi connectivity index (χ2n) is 2.94. The Hall–Kier alpha value is 0.320. The molecule has 1 aromatic heterocycles. The van der Waals surface area contributed by atoms with Crippen molar-refractivity contribution >= 4 is 34.4 Å². The fourth-order valence-corrected chi connectivity index (χ4v) is 2.11. The van der Waals surface area contributed by atoms with Gasteiger partial charge in [-0.3, -0.25) is 0 Å². The van der Waals surface area contributed by atoms with E-state index in [4.69, 9.17) is 4.42 Å². The van der Waals surface area contributed by atoms with E-state index in [0.29, 0.717) is 6.04 Å². The predicted molar refractivity (Wildman–Crippen MR) is 66.1 cm³/mol. The maximum absolute atomic E-state index is 5.43. The molecule has 0 aliphatic heterocycles. The van der Waals surface area contributed by atoms with Crippen molar-refractivity contribution in [2.24, 2.45) is 0 Å². The largest absolute Gasteiger partial charge is 0.454 e. The SMILES string of the molecule is CSCC(C)NCc1ccc(I)o1. The zero-order valence-corrected chi connectivity index (χ0v) is 10.8. The van der Waals surface area contributed by atoms with Gasteiger partial charge < -0.3 is 9.73 Å². The van der Waals surface area contributed by atoms with Crippen molar-refractivity contribution in [3.8, 4) is 0 Å². The first-order valence-corrected chi connectivity index (χ1v) is 6.66. The lowest BCUT2D eigenvalue weighted by molar-refractivity contribution is 0.450. The molecule has 0 saturated heterocycles. The molecule has 13 heavy (non-hydrogen) atoms. The van der Waals surface area contributed by atoms with E-state index < -0.39 is 0 Å². The lowest BCUT2D eigenvalue weighted by Gasteiger charge is -2.10. The summed E-state index contributed by atoms with van der Waals surface area (Å²) in [6.07, 6.45) is 2.12. The number of hydrogen-bond donors (Lipinski definition) is 1. The molecule has 1 unspecified atom stereocenters. The molecule has 1 aromatic rings. The first kappa shape index (κ1) is 11.4. The topological polar surface area (TPSA) is 25.2 Å². The molecule has 0 aromatic carbocycles. The second kappa shape index (κ2) is 5.93. The van der Waals surface area contributed by atoms with Crippen LogP contribution in [0, 0.1) is 3.77 Å². The van der Waals surface area contributed by atoms with Gasteiger partial charge in [-0.15, -0.1) is 0 Å². The van der Waals surface area contributed by atoms with Gasteiger partial charge in [-0.25, -0.2) is 0 Å². The maximum atomic E-state index is 5.43. The molecule has 74 valence electrons. The summed E-state index contributed by atoms with van der Waals surface area (Å²) in [5, 5.41) is 3.40. The van der Waals surface area contributed by atoms with Crippen LogP contribution in [0.25, 0.3) is 0 Å². The molecule has 0 amide bonds. The molecule has 0 aliphatic rings. The van der Waals surface area contributed by atoms with E-state index in [2.05, 4.69) is 41.1 Å². The van der Waals surface area contributed by atoms with Crippen LogP contribution in [-0.2, 0) is 6.54 Å². The zero-order valence-electron chi connectivity index (χ0n) is 7.84. The quantitative estimate of drug-likeness (QED) is 0.847.